The van der Waals surface area contributed by atoms with E-state index in [2.05, 4.69) is 11.3 Å². The number of nitrogens with zero attached hydrogens (tertiary/aromatic N) is 1. The van der Waals surface area contributed by atoms with E-state index in [0.717, 1.165) is 6.42 Å². The van der Waals surface area contributed by atoms with Crippen molar-refractivity contribution in [3.8, 4) is 0 Å². The van der Waals surface area contributed by atoms with Crippen LogP contribution < -0.4 is 10.5 Å². The van der Waals surface area contributed by atoms with Gasteiger partial charge in [0.05, 0.1) is 4.90 Å². The van der Waals surface area contributed by atoms with Crippen molar-refractivity contribution in [2.45, 2.75) is 31.2 Å². The Hall–Kier alpha value is -1.41. The Labute approximate surface area is 156 Å². The summed E-state index contributed by atoms with van der Waals surface area (Å²) in [7, 11) is -1.86. The molecule has 25 heavy (non-hydrogen) atoms. The van der Waals surface area contributed by atoms with Crippen LogP contribution in [0.5, 0.6) is 0 Å². The highest BCUT2D eigenvalue weighted by Gasteiger charge is 2.17. The summed E-state index contributed by atoms with van der Waals surface area (Å²) < 4.78 is 26.3. The Morgan fingerprint density at radius 1 is 1.32 bits per heavy atom. The first-order chi connectivity index (χ1) is 11.2. The van der Waals surface area contributed by atoms with Crippen LogP contribution in [-0.4, -0.2) is 45.4 Å². The van der Waals surface area contributed by atoms with Gasteiger partial charge in [0, 0.05) is 31.7 Å². The van der Waals surface area contributed by atoms with E-state index >= 15 is 0 Å². The topological polar surface area (TPSA) is 92.5 Å². The highest BCUT2D eigenvalue weighted by atomic mass is 35.5. The molecule has 0 aliphatic rings. The number of hydrogen-bond acceptors (Lipinski definition) is 4. The molecule has 0 fully saturated rings. The number of benzene rings is 1. The van der Waals surface area contributed by atoms with Crippen molar-refractivity contribution in [1.82, 2.24) is 9.62 Å². The number of nitrogens with two attached hydrogens (primary N) is 1. The molecule has 1 unspecified atom stereocenters. The molecule has 0 aromatic heterocycles. The molecule has 142 valence electrons. The number of carbonyl (C=O) groups is 1. The summed E-state index contributed by atoms with van der Waals surface area (Å²) in [5.74, 6) is 0.204. The van der Waals surface area contributed by atoms with Gasteiger partial charge in [0.2, 0.25) is 10.0 Å². The molecule has 1 aromatic rings. The average Bonchev–Trinajstić information content (AvgIpc) is 2.56. The van der Waals surface area contributed by atoms with Crippen LogP contribution in [0.1, 0.15) is 30.6 Å². The van der Waals surface area contributed by atoms with Crippen molar-refractivity contribution < 1.29 is 13.2 Å². The molecule has 1 amide bonds. The molecule has 0 saturated carbocycles. The first-order valence-electron chi connectivity index (χ1n) is 7.90. The zero-order valence-electron chi connectivity index (χ0n) is 14.9. The van der Waals surface area contributed by atoms with Gasteiger partial charge in [0.1, 0.15) is 0 Å². The van der Waals surface area contributed by atoms with Crippen LogP contribution >= 0.6 is 12.4 Å². The highest BCUT2D eigenvalue weighted by molar-refractivity contribution is 7.89. The fourth-order valence-corrected chi connectivity index (χ4v) is 3.02. The molecule has 0 radical (unpaired) electrons. The molecule has 1 aromatic carbocycles. The van der Waals surface area contributed by atoms with Crippen molar-refractivity contribution in [2.75, 3.05) is 20.1 Å². The summed E-state index contributed by atoms with van der Waals surface area (Å²) in [6.07, 6.45) is 2.18. The van der Waals surface area contributed by atoms with Gasteiger partial charge in [-0.3, -0.25) is 4.79 Å². The molecular formula is C17H28ClN3O3S. The number of nitrogens with one attached hydrogen (secondary N) is 1. The predicted molar refractivity (Wildman–Crippen MR) is 103 cm³/mol. The SMILES string of the molecule is C=CCNS(=O)(=O)c1ccc(C(=O)N(C)CCC(N)C(C)C)cc1.Cl. The minimum absolute atomic E-state index is 0. The van der Waals surface area contributed by atoms with Crippen LogP contribution in [0.3, 0.4) is 0 Å². The fraction of sp³-hybridized carbons (Fsp3) is 0.471. The second-order valence-corrected chi connectivity index (χ2v) is 7.86. The van der Waals surface area contributed by atoms with E-state index in [9.17, 15) is 13.2 Å². The number of rotatable bonds is 9. The molecule has 1 rings (SSSR count). The van der Waals surface area contributed by atoms with Crippen molar-refractivity contribution in [3.63, 3.8) is 0 Å². The van der Waals surface area contributed by atoms with Gasteiger partial charge >= 0.3 is 0 Å². The lowest BCUT2D eigenvalue weighted by atomic mass is 10.0. The molecule has 0 heterocycles. The summed E-state index contributed by atoms with van der Waals surface area (Å²) in [4.78, 5) is 14.1. The normalized spacial score (nSPS) is 12.4. The zero-order valence-corrected chi connectivity index (χ0v) is 16.6. The summed E-state index contributed by atoms with van der Waals surface area (Å²) >= 11 is 0. The zero-order chi connectivity index (χ0) is 18.3. The summed E-state index contributed by atoms with van der Waals surface area (Å²) in [6.45, 7) is 8.27. The van der Waals surface area contributed by atoms with Gasteiger partial charge in [0.15, 0.2) is 0 Å². The molecule has 1 atom stereocenters. The van der Waals surface area contributed by atoms with Gasteiger partial charge in [-0.25, -0.2) is 13.1 Å². The molecule has 0 bridgehead atoms. The first kappa shape index (κ1) is 23.6. The maximum Gasteiger partial charge on any atom is 0.253 e. The number of halogens is 1. The summed E-state index contributed by atoms with van der Waals surface area (Å²) in [5, 5.41) is 0. The molecule has 0 saturated heterocycles. The maximum absolute atomic E-state index is 12.4. The number of hydrogen-bond donors (Lipinski definition) is 2. The van der Waals surface area contributed by atoms with Gasteiger partial charge < -0.3 is 10.6 Å². The molecule has 0 spiro atoms. The van der Waals surface area contributed by atoms with Crippen LogP contribution in [0.15, 0.2) is 41.8 Å². The Morgan fingerprint density at radius 2 is 1.88 bits per heavy atom. The van der Waals surface area contributed by atoms with Crippen LogP contribution in [0.2, 0.25) is 0 Å². The van der Waals surface area contributed by atoms with Crippen LogP contribution in [0, 0.1) is 5.92 Å². The largest absolute Gasteiger partial charge is 0.342 e. The van der Waals surface area contributed by atoms with Crippen LogP contribution in [0.25, 0.3) is 0 Å². The molecule has 6 nitrogen and oxygen atoms in total. The summed E-state index contributed by atoms with van der Waals surface area (Å²) in [5.41, 5.74) is 6.44. The minimum Gasteiger partial charge on any atom is -0.342 e. The van der Waals surface area contributed by atoms with Gasteiger partial charge in [-0.1, -0.05) is 19.9 Å². The first-order valence-corrected chi connectivity index (χ1v) is 9.39. The smallest absolute Gasteiger partial charge is 0.253 e. The monoisotopic (exact) mass is 389 g/mol. The van der Waals surface area contributed by atoms with Crippen LogP contribution in [-0.2, 0) is 10.0 Å². The Balaban J connectivity index is 0.00000576. The van der Waals surface area contributed by atoms with E-state index in [1.807, 2.05) is 13.8 Å². The van der Waals surface area contributed by atoms with E-state index < -0.39 is 10.0 Å². The number of amides is 1. The lowest BCUT2D eigenvalue weighted by Gasteiger charge is -2.21. The maximum atomic E-state index is 12.4. The average molecular weight is 390 g/mol. The third-order valence-corrected chi connectivity index (χ3v) is 5.27. The van der Waals surface area contributed by atoms with Crippen molar-refractivity contribution in [1.29, 1.82) is 0 Å². The summed E-state index contributed by atoms with van der Waals surface area (Å²) in [6, 6.07) is 5.93. The van der Waals surface area contributed by atoms with Crippen molar-refractivity contribution in [3.05, 3.63) is 42.5 Å². The third kappa shape index (κ3) is 7.15. The molecule has 0 aliphatic carbocycles. The lowest BCUT2D eigenvalue weighted by Crippen LogP contribution is -2.34. The highest BCUT2D eigenvalue weighted by Crippen LogP contribution is 2.12. The van der Waals surface area contributed by atoms with Gasteiger partial charge in [-0.15, -0.1) is 19.0 Å². The fourth-order valence-electron chi connectivity index (χ4n) is 2.03. The van der Waals surface area contributed by atoms with E-state index in [4.69, 9.17) is 5.73 Å². The quantitative estimate of drug-likeness (QED) is 0.632. The number of sulfonamides is 1. The van der Waals surface area contributed by atoms with Gasteiger partial charge in [0.25, 0.3) is 5.91 Å². The second kappa shape index (κ2) is 10.6. The molecular weight excluding hydrogens is 362 g/mol. The number of carbonyl (C=O) groups excluding carboxylic acids is 1. The molecule has 8 heteroatoms. The third-order valence-electron chi connectivity index (χ3n) is 3.83. The second-order valence-electron chi connectivity index (χ2n) is 6.09. The van der Waals surface area contributed by atoms with E-state index in [0.29, 0.717) is 18.0 Å². The van der Waals surface area contributed by atoms with E-state index in [1.165, 1.54) is 30.3 Å². The molecule has 3 N–H and O–H groups in total. The lowest BCUT2D eigenvalue weighted by molar-refractivity contribution is 0.0789. The standard InChI is InChI=1S/C17H27N3O3S.ClH/c1-5-11-19-24(22,23)15-8-6-14(7-9-15)17(21)20(4)12-10-16(18)13(2)3;/h5-9,13,16,19H,1,10-12,18H2,2-4H3;1H. The minimum atomic E-state index is -3.58. The van der Waals surface area contributed by atoms with Gasteiger partial charge in [-0.05, 0) is 36.6 Å². The predicted octanol–water partition coefficient (Wildman–Crippen LogP) is 2.02. The van der Waals surface area contributed by atoms with E-state index in [1.54, 1.807) is 11.9 Å². The Bertz CT molecular complexity index is 660. The van der Waals surface area contributed by atoms with Crippen molar-refractivity contribution in [2.24, 2.45) is 11.7 Å². The van der Waals surface area contributed by atoms with Crippen LogP contribution in [0.4, 0.5) is 0 Å². The Kier molecular flexibility index (Phi) is 9.96. The Morgan fingerprint density at radius 3 is 2.36 bits per heavy atom. The van der Waals surface area contributed by atoms with Crippen molar-refractivity contribution >= 4 is 28.3 Å². The molecule has 0 aliphatic heterocycles. The van der Waals surface area contributed by atoms with E-state index in [-0.39, 0.29) is 35.8 Å². The van der Waals surface area contributed by atoms with Gasteiger partial charge in [-0.2, -0.15) is 0 Å².